The number of halogens is 2. The molecule has 0 spiro atoms. The minimum Gasteiger partial charge on any atom is -0.478 e. The van der Waals surface area contributed by atoms with E-state index in [2.05, 4.69) is 21.2 Å². The molecule has 4 nitrogen and oxygen atoms in total. The molecule has 0 aliphatic heterocycles. The summed E-state index contributed by atoms with van der Waals surface area (Å²) in [5.41, 5.74) is 1.21. The molecule has 6 heteroatoms. The lowest BCUT2D eigenvalue weighted by molar-refractivity contribution is -0.115. The quantitative estimate of drug-likeness (QED) is 0.858. The van der Waals surface area contributed by atoms with Gasteiger partial charge in [0.2, 0.25) is 5.91 Å². The van der Waals surface area contributed by atoms with Crippen LogP contribution in [0.3, 0.4) is 0 Å². The molecule has 108 valence electrons. The van der Waals surface area contributed by atoms with Crippen LogP contribution >= 0.6 is 27.5 Å². The van der Waals surface area contributed by atoms with Crippen molar-refractivity contribution < 1.29 is 14.7 Å². The first-order chi connectivity index (χ1) is 9.95. The molecule has 2 aromatic rings. The molecule has 2 rings (SSSR count). The van der Waals surface area contributed by atoms with Crippen LogP contribution in [0.4, 0.5) is 5.69 Å². The third-order valence-electron chi connectivity index (χ3n) is 2.77. The summed E-state index contributed by atoms with van der Waals surface area (Å²) in [5, 5.41) is 11.9. The van der Waals surface area contributed by atoms with E-state index < -0.39 is 5.97 Å². The molecule has 0 saturated carbocycles. The van der Waals surface area contributed by atoms with Crippen molar-refractivity contribution in [2.75, 3.05) is 5.32 Å². The van der Waals surface area contributed by atoms with Gasteiger partial charge in [0.25, 0.3) is 0 Å². The first-order valence-electron chi connectivity index (χ1n) is 6.03. The first kappa shape index (κ1) is 15.5. The van der Waals surface area contributed by atoms with Gasteiger partial charge in [0.15, 0.2) is 0 Å². The Morgan fingerprint density at radius 3 is 2.43 bits per heavy atom. The van der Waals surface area contributed by atoms with Crippen molar-refractivity contribution in [3.8, 4) is 0 Å². The van der Waals surface area contributed by atoms with E-state index in [1.165, 1.54) is 18.2 Å². The van der Waals surface area contributed by atoms with Crippen molar-refractivity contribution >= 4 is 45.1 Å². The van der Waals surface area contributed by atoms with Crippen LogP contribution in [0, 0.1) is 0 Å². The fourth-order valence-electron chi connectivity index (χ4n) is 1.74. The van der Waals surface area contributed by atoms with Gasteiger partial charge in [-0.25, -0.2) is 4.79 Å². The summed E-state index contributed by atoms with van der Waals surface area (Å²) >= 11 is 9.28. The molecule has 0 unspecified atom stereocenters. The molecule has 0 heterocycles. The summed E-state index contributed by atoms with van der Waals surface area (Å²) < 4.78 is 0.934. The molecular formula is C15H11BrClNO3. The maximum absolute atomic E-state index is 12.0. The Balaban J connectivity index is 2.10. The molecule has 0 aromatic heterocycles. The van der Waals surface area contributed by atoms with Crippen molar-refractivity contribution in [3.05, 3.63) is 63.1 Å². The van der Waals surface area contributed by atoms with E-state index >= 15 is 0 Å². The van der Waals surface area contributed by atoms with E-state index in [1.807, 2.05) is 24.3 Å². The van der Waals surface area contributed by atoms with Crippen LogP contribution in [-0.2, 0) is 11.2 Å². The van der Waals surface area contributed by atoms with Crippen molar-refractivity contribution in [3.63, 3.8) is 0 Å². The van der Waals surface area contributed by atoms with Crippen molar-refractivity contribution in [1.82, 2.24) is 0 Å². The third-order valence-corrected chi connectivity index (χ3v) is 3.62. The number of anilines is 1. The van der Waals surface area contributed by atoms with Crippen LogP contribution in [0.5, 0.6) is 0 Å². The van der Waals surface area contributed by atoms with Crippen LogP contribution in [0.2, 0.25) is 5.02 Å². The minimum atomic E-state index is -1.07. The highest BCUT2D eigenvalue weighted by molar-refractivity contribution is 9.10. The highest BCUT2D eigenvalue weighted by Gasteiger charge is 2.10. The molecule has 0 bridgehead atoms. The van der Waals surface area contributed by atoms with Gasteiger partial charge in [0.05, 0.1) is 22.7 Å². The van der Waals surface area contributed by atoms with E-state index in [1.54, 1.807) is 0 Å². The molecule has 1 amide bonds. The standard InChI is InChI=1S/C15H11BrClNO3/c16-11-4-1-9(2-5-11)7-14(19)18-13-8-10(15(20)21)3-6-12(13)17/h1-6,8H,7H2,(H,18,19)(H,20,21). The van der Waals surface area contributed by atoms with E-state index in [4.69, 9.17) is 16.7 Å². The van der Waals surface area contributed by atoms with E-state index in [0.717, 1.165) is 10.0 Å². The number of rotatable bonds is 4. The number of carboxylic acid groups (broad SMARTS) is 1. The lowest BCUT2D eigenvalue weighted by atomic mass is 10.1. The molecule has 2 aromatic carbocycles. The monoisotopic (exact) mass is 367 g/mol. The molecule has 0 aliphatic rings. The summed E-state index contributed by atoms with van der Waals surface area (Å²) in [5.74, 6) is -1.34. The smallest absolute Gasteiger partial charge is 0.335 e. The average molecular weight is 369 g/mol. The molecular weight excluding hydrogens is 358 g/mol. The summed E-state index contributed by atoms with van der Waals surface area (Å²) in [7, 11) is 0. The van der Waals surface area contributed by atoms with Gasteiger partial charge >= 0.3 is 5.97 Å². The normalized spacial score (nSPS) is 10.2. The van der Waals surface area contributed by atoms with Gasteiger partial charge in [0.1, 0.15) is 0 Å². The number of carbonyl (C=O) groups is 2. The van der Waals surface area contributed by atoms with Crippen LogP contribution < -0.4 is 5.32 Å². The second-order valence-corrected chi connectivity index (χ2v) is 5.67. The van der Waals surface area contributed by atoms with E-state index in [0.29, 0.717) is 10.7 Å². The molecule has 0 radical (unpaired) electrons. The van der Waals surface area contributed by atoms with Crippen LogP contribution in [-0.4, -0.2) is 17.0 Å². The lowest BCUT2D eigenvalue weighted by Crippen LogP contribution is -2.15. The van der Waals surface area contributed by atoms with Gasteiger partial charge in [-0.3, -0.25) is 4.79 Å². The number of benzene rings is 2. The lowest BCUT2D eigenvalue weighted by Gasteiger charge is -2.08. The van der Waals surface area contributed by atoms with Gasteiger partial charge in [-0.05, 0) is 35.9 Å². The second-order valence-electron chi connectivity index (χ2n) is 4.35. The van der Waals surface area contributed by atoms with Crippen LogP contribution in [0.1, 0.15) is 15.9 Å². The molecule has 2 N–H and O–H groups in total. The molecule has 0 fully saturated rings. The Morgan fingerprint density at radius 2 is 1.81 bits per heavy atom. The molecule has 0 saturated heterocycles. The first-order valence-corrected chi connectivity index (χ1v) is 7.20. The van der Waals surface area contributed by atoms with Gasteiger partial charge in [-0.15, -0.1) is 0 Å². The summed E-state index contributed by atoms with van der Waals surface area (Å²) in [6, 6.07) is 11.5. The zero-order valence-corrected chi connectivity index (χ0v) is 13.1. The Hall–Kier alpha value is -1.85. The average Bonchev–Trinajstić information content (AvgIpc) is 2.43. The van der Waals surface area contributed by atoms with Gasteiger partial charge in [-0.2, -0.15) is 0 Å². The van der Waals surface area contributed by atoms with E-state index in [-0.39, 0.29) is 17.9 Å². The minimum absolute atomic E-state index is 0.0679. The highest BCUT2D eigenvalue weighted by Crippen LogP contribution is 2.23. The Bertz CT molecular complexity index is 686. The number of amides is 1. The molecule has 21 heavy (non-hydrogen) atoms. The largest absolute Gasteiger partial charge is 0.478 e. The van der Waals surface area contributed by atoms with Gasteiger partial charge in [0, 0.05) is 4.47 Å². The van der Waals surface area contributed by atoms with Crippen molar-refractivity contribution in [1.29, 1.82) is 0 Å². The summed E-state index contributed by atoms with van der Waals surface area (Å²) in [4.78, 5) is 22.9. The fourth-order valence-corrected chi connectivity index (χ4v) is 2.17. The summed E-state index contributed by atoms with van der Waals surface area (Å²) in [6.07, 6.45) is 0.181. The zero-order chi connectivity index (χ0) is 15.4. The maximum Gasteiger partial charge on any atom is 0.335 e. The number of hydrogen-bond acceptors (Lipinski definition) is 2. The number of carbonyl (C=O) groups excluding carboxylic acids is 1. The third kappa shape index (κ3) is 4.31. The van der Waals surface area contributed by atoms with E-state index in [9.17, 15) is 9.59 Å². The predicted octanol–water partition coefficient (Wildman–Crippen LogP) is 3.98. The number of nitrogens with one attached hydrogen (secondary N) is 1. The topological polar surface area (TPSA) is 66.4 Å². The number of hydrogen-bond donors (Lipinski definition) is 2. The highest BCUT2D eigenvalue weighted by atomic mass is 79.9. The van der Waals surface area contributed by atoms with Crippen LogP contribution in [0.15, 0.2) is 46.9 Å². The Labute approximate surface area is 134 Å². The van der Waals surface area contributed by atoms with Crippen molar-refractivity contribution in [2.45, 2.75) is 6.42 Å². The van der Waals surface area contributed by atoms with Crippen molar-refractivity contribution in [2.24, 2.45) is 0 Å². The molecule has 0 aliphatic carbocycles. The van der Waals surface area contributed by atoms with Gasteiger partial charge in [-0.1, -0.05) is 39.7 Å². The predicted molar refractivity (Wildman–Crippen MR) is 84.9 cm³/mol. The van der Waals surface area contributed by atoms with Crippen LogP contribution in [0.25, 0.3) is 0 Å². The summed E-state index contributed by atoms with van der Waals surface area (Å²) in [6.45, 7) is 0. The zero-order valence-electron chi connectivity index (χ0n) is 10.8. The Morgan fingerprint density at radius 1 is 1.14 bits per heavy atom. The number of carboxylic acids is 1. The second kappa shape index (κ2) is 6.74. The van der Waals surface area contributed by atoms with Gasteiger partial charge < -0.3 is 10.4 Å². The maximum atomic E-state index is 12.0. The number of aromatic carboxylic acids is 1. The molecule has 0 atom stereocenters. The SMILES string of the molecule is O=C(Cc1ccc(Br)cc1)Nc1cc(C(=O)O)ccc1Cl. The fraction of sp³-hybridized carbons (Fsp3) is 0.0667. The Kier molecular flexibility index (Phi) is 4.98.